The number of ether oxygens (including phenoxy) is 1. The first-order chi connectivity index (χ1) is 25.7. The van der Waals surface area contributed by atoms with Gasteiger partial charge in [0.2, 0.25) is 0 Å². The second-order valence-corrected chi connectivity index (χ2v) is 12.7. The Morgan fingerprint density at radius 1 is 0.558 bits per heavy atom. The number of aromatic nitrogens is 5. The zero-order valence-corrected chi connectivity index (χ0v) is 28.1. The Labute approximate surface area is 298 Å². The summed E-state index contributed by atoms with van der Waals surface area (Å²) in [7, 11) is 1.67. The molecule has 10 rings (SSSR count). The molecule has 0 N–H and O–H groups in total. The second kappa shape index (κ2) is 12.0. The van der Waals surface area contributed by atoms with Crippen LogP contribution >= 0.6 is 0 Å². The Kier molecular flexibility index (Phi) is 6.89. The number of furan rings is 1. The lowest BCUT2D eigenvalue weighted by atomic mass is 10.0. The number of rotatable bonds is 6. The predicted octanol–water partition coefficient (Wildman–Crippen LogP) is 10.9. The van der Waals surface area contributed by atoms with Gasteiger partial charge in [-0.15, -0.1) is 0 Å². The van der Waals surface area contributed by atoms with E-state index in [0.29, 0.717) is 5.82 Å². The summed E-state index contributed by atoms with van der Waals surface area (Å²) >= 11 is 0. The zero-order valence-electron chi connectivity index (χ0n) is 28.1. The third-order valence-electron chi connectivity index (χ3n) is 9.70. The Bertz CT molecular complexity index is 2880. The molecule has 5 aromatic carbocycles. The summed E-state index contributed by atoms with van der Waals surface area (Å²) in [6, 6.07) is 47.4. The van der Waals surface area contributed by atoms with E-state index in [0.717, 1.165) is 89.1 Å². The molecule has 0 bridgehead atoms. The van der Waals surface area contributed by atoms with Gasteiger partial charge in [0, 0.05) is 62.7 Å². The minimum atomic E-state index is 0.668. The predicted molar refractivity (Wildman–Crippen MR) is 208 cm³/mol. The fourth-order valence-corrected chi connectivity index (χ4v) is 7.18. The van der Waals surface area contributed by atoms with Crippen molar-refractivity contribution in [2.45, 2.75) is 0 Å². The summed E-state index contributed by atoms with van der Waals surface area (Å²) in [5, 5.41) is 4.24. The monoisotopic (exact) mass is 671 g/mol. The van der Waals surface area contributed by atoms with Gasteiger partial charge in [-0.25, -0.2) is 9.97 Å². The summed E-state index contributed by atoms with van der Waals surface area (Å²) in [5.74, 6) is 1.44. The molecule has 0 aliphatic rings. The van der Waals surface area contributed by atoms with Crippen LogP contribution in [0.1, 0.15) is 0 Å². The molecule has 0 aliphatic heterocycles. The third kappa shape index (κ3) is 4.90. The van der Waals surface area contributed by atoms with Crippen LogP contribution in [0, 0.1) is 0 Å². The average Bonchev–Trinajstić information content (AvgIpc) is 3.77. The molecule has 0 atom stereocenters. The third-order valence-corrected chi connectivity index (χ3v) is 9.70. The molecule has 7 heteroatoms. The van der Waals surface area contributed by atoms with Crippen LogP contribution in [-0.4, -0.2) is 31.6 Å². The van der Waals surface area contributed by atoms with E-state index in [2.05, 4.69) is 94.5 Å². The first-order valence-electron chi connectivity index (χ1n) is 17.1. The summed E-state index contributed by atoms with van der Waals surface area (Å²) in [5.41, 5.74) is 11.4. The van der Waals surface area contributed by atoms with Crippen molar-refractivity contribution in [2.24, 2.45) is 0 Å². The number of hydrogen-bond donors (Lipinski definition) is 0. The van der Waals surface area contributed by atoms with Crippen LogP contribution in [0.15, 0.2) is 163 Å². The molecule has 7 nitrogen and oxygen atoms in total. The topological polar surface area (TPSA) is 78.9 Å². The average molecular weight is 672 g/mol. The van der Waals surface area contributed by atoms with Crippen LogP contribution in [0.2, 0.25) is 0 Å². The highest BCUT2D eigenvalue weighted by molar-refractivity contribution is 6.12. The highest BCUT2D eigenvalue weighted by atomic mass is 16.5. The molecular formula is C45H29N5O2. The molecule has 0 fully saturated rings. The maximum atomic E-state index is 6.17. The molecule has 0 unspecified atom stereocenters. The van der Waals surface area contributed by atoms with Crippen LogP contribution in [0.3, 0.4) is 0 Å². The minimum absolute atomic E-state index is 0.668. The number of hydrogen-bond acceptors (Lipinski definition) is 6. The van der Waals surface area contributed by atoms with Crippen molar-refractivity contribution < 1.29 is 9.15 Å². The van der Waals surface area contributed by atoms with Crippen molar-refractivity contribution in [3.63, 3.8) is 0 Å². The number of nitrogens with zero attached hydrogens (tertiary/aromatic N) is 5. The molecule has 5 heterocycles. The van der Waals surface area contributed by atoms with Crippen molar-refractivity contribution in [3.05, 3.63) is 158 Å². The molecule has 52 heavy (non-hydrogen) atoms. The van der Waals surface area contributed by atoms with E-state index in [1.165, 1.54) is 5.39 Å². The van der Waals surface area contributed by atoms with Gasteiger partial charge in [-0.1, -0.05) is 84.9 Å². The van der Waals surface area contributed by atoms with Gasteiger partial charge in [0.25, 0.3) is 0 Å². The fraction of sp³-hybridized carbons (Fsp3) is 0.0222. The summed E-state index contributed by atoms with van der Waals surface area (Å²) in [6.07, 6.45) is 5.58. The molecule has 10 aromatic rings. The molecule has 0 saturated carbocycles. The maximum Gasteiger partial charge on any atom is 0.160 e. The lowest BCUT2D eigenvalue weighted by molar-refractivity contribution is 0.415. The first-order valence-corrected chi connectivity index (χ1v) is 17.1. The van der Waals surface area contributed by atoms with E-state index in [1.54, 1.807) is 13.3 Å². The lowest BCUT2D eigenvalue weighted by Crippen LogP contribution is -1.97. The van der Waals surface area contributed by atoms with E-state index in [4.69, 9.17) is 24.1 Å². The van der Waals surface area contributed by atoms with Crippen molar-refractivity contribution >= 4 is 43.7 Å². The van der Waals surface area contributed by atoms with Gasteiger partial charge in [-0.2, -0.15) is 0 Å². The number of para-hydroxylation sites is 1. The Morgan fingerprint density at radius 3 is 2.06 bits per heavy atom. The van der Waals surface area contributed by atoms with Crippen molar-refractivity contribution in [1.82, 2.24) is 24.5 Å². The van der Waals surface area contributed by atoms with Gasteiger partial charge in [-0.05, 0) is 54.6 Å². The molecule has 0 aliphatic carbocycles. The quantitative estimate of drug-likeness (QED) is 0.175. The normalized spacial score (nSPS) is 11.6. The Balaban J connectivity index is 1.06. The van der Waals surface area contributed by atoms with E-state index >= 15 is 0 Å². The van der Waals surface area contributed by atoms with Crippen LogP contribution in [-0.2, 0) is 0 Å². The van der Waals surface area contributed by atoms with Crippen LogP contribution in [0.4, 0.5) is 0 Å². The van der Waals surface area contributed by atoms with Crippen molar-refractivity contribution in [2.75, 3.05) is 7.11 Å². The van der Waals surface area contributed by atoms with E-state index in [9.17, 15) is 0 Å². The highest BCUT2D eigenvalue weighted by Crippen LogP contribution is 2.38. The smallest absolute Gasteiger partial charge is 0.160 e. The SMILES string of the molecule is COc1ccc2oc3ccnc(-c4ccc(-c5cc(-c6ccc(-n7c8ccccc8c8cnccc87)cc6)nc(-c6ccccc6)n5)cc4)c3c2c1. The second-order valence-electron chi connectivity index (χ2n) is 12.7. The van der Waals surface area contributed by atoms with Gasteiger partial charge in [0.15, 0.2) is 5.82 Å². The zero-order chi connectivity index (χ0) is 34.6. The number of fused-ring (bicyclic) bond motifs is 6. The largest absolute Gasteiger partial charge is 0.497 e. The van der Waals surface area contributed by atoms with Crippen molar-refractivity contribution in [1.29, 1.82) is 0 Å². The van der Waals surface area contributed by atoms with Crippen LogP contribution < -0.4 is 4.74 Å². The van der Waals surface area contributed by atoms with Crippen LogP contribution in [0.5, 0.6) is 5.75 Å². The fourth-order valence-electron chi connectivity index (χ4n) is 7.18. The molecule has 5 aromatic heterocycles. The Morgan fingerprint density at radius 2 is 1.27 bits per heavy atom. The van der Waals surface area contributed by atoms with Gasteiger partial charge in [-0.3, -0.25) is 9.97 Å². The summed E-state index contributed by atoms with van der Waals surface area (Å²) < 4.78 is 14.0. The molecule has 0 spiro atoms. The van der Waals surface area contributed by atoms with E-state index in [-0.39, 0.29) is 0 Å². The van der Waals surface area contributed by atoms with E-state index < -0.39 is 0 Å². The molecule has 0 amide bonds. The maximum absolute atomic E-state index is 6.17. The summed E-state index contributed by atoms with van der Waals surface area (Å²) in [4.78, 5) is 19.3. The number of methoxy groups -OCH3 is 1. The molecule has 0 saturated heterocycles. The minimum Gasteiger partial charge on any atom is -0.497 e. The standard InChI is InChI=1S/C45H29N5O2/c1-51-33-19-20-41-35(25-33)43-42(52-41)22-24-47-44(43)30-13-11-28(12-14-30)37-26-38(49-45(48-37)31-7-3-2-4-8-31)29-15-17-32(18-16-29)50-39-10-6-5-9-34(39)36-27-46-23-21-40(36)50/h2-27H,1H3. The van der Waals surface area contributed by atoms with Gasteiger partial charge < -0.3 is 13.7 Å². The van der Waals surface area contributed by atoms with Crippen LogP contribution in [0.25, 0.3) is 94.6 Å². The number of benzene rings is 5. The van der Waals surface area contributed by atoms with Crippen molar-refractivity contribution in [3.8, 4) is 56.6 Å². The first kappa shape index (κ1) is 29.8. The van der Waals surface area contributed by atoms with Gasteiger partial charge >= 0.3 is 0 Å². The molecule has 246 valence electrons. The molecular weight excluding hydrogens is 643 g/mol. The molecule has 0 radical (unpaired) electrons. The van der Waals surface area contributed by atoms with E-state index in [1.807, 2.05) is 67.0 Å². The highest BCUT2D eigenvalue weighted by Gasteiger charge is 2.17. The van der Waals surface area contributed by atoms with Gasteiger partial charge in [0.1, 0.15) is 16.9 Å². The number of pyridine rings is 2. The lowest BCUT2D eigenvalue weighted by Gasteiger charge is -2.12. The Hall–Kier alpha value is -7.12. The summed E-state index contributed by atoms with van der Waals surface area (Å²) in [6.45, 7) is 0. The van der Waals surface area contributed by atoms with Gasteiger partial charge in [0.05, 0.1) is 40.6 Å².